The third-order valence-corrected chi connectivity index (χ3v) is 6.15. The molecule has 0 aliphatic carbocycles. The van der Waals surface area contributed by atoms with E-state index in [2.05, 4.69) is 0 Å². The summed E-state index contributed by atoms with van der Waals surface area (Å²) in [5.74, 6) is -0.366. The Morgan fingerprint density at radius 1 is 1.00 bits per heavy atom. The Morgan fingerprint density at radius 2 is 1.54 bits per heavy atom. The highest BCUT2D eigenvalue weighted by Gasteiger charge is 2.44. The van der Waals surface area contributed by atoms with Crippen molar-refractivity contribution in [3.05, 3.63) is 65.2 Å². The lowest BCUT2D eigenvalue weighted by atomic mass is 9.98. The number of benzene rings is 2. The van der Waals surface area contributed by atoms with E-state index in [1.54, 1.807) is 61.0 Å². The van der Waals surface area contributed by atoms with Crippen LogP contribution in [-0.4, -0.2) is 29.5 Å². The number of rotatable bonds is 5. The van der Waals surface area contributed by atoms with Crippen LogP contribution in [0.4, 0.5) is 10.5 Å². The van der Waals surface area contributed by atoms with Crippen molar-refractivity contribution in [3.8, 4) is 6.07 Å². The highest BCUT2D eigenvalue weighted by atomic mass is 32.2. The van der Waals surface area contributed by atoms with Crippen LogP contribution >= 0.6 is 23.9 Å². The Labute approximate surface area is 148 Å². The smallest absolute Gasteiger partial charge is 0.434 e. The molecule has 1 N–H and O–H groups in total. The van der Waals surface area contributed by atoms with Crippen LogP contribution in [-0.2, 0) is 0 Å². The summed E-state index contributed by atoms with van der Waals surface area (Å²) in [4.78, 5) is 24.9. The van der Waals surface area contributed by atoms with Crippen molar-refractivity contribution in [1.29, 1.82) is 5.26 Å². The number of hydrogen-bond donors (Lipinski definition) is 1. The molecule has 0 saturated carbocycles. The molecule has 0 atom stereocenters. The zero-order valence-corrected chi connectivity index (χ0v) is 14.7. The Hall–Kier alpha value is -2.27. The average molecular weight is 359 g/mol. The molecular formula is C17H15N2O3S2+. The lowest BCUT2D eigenvalue weighted by Gasteiger charge is -2.25. The predicted molar refractivity (Wildman–Crippen MR) is 97.9 cm³/mol. The molecule has 7 heteroatoms. The van der Waals surface area contributed by atoms with Crippen LogP contribution in [0.1, 0.15) is 21.5 Å². The number of amides is 1. The van der Waals surface area contributed by atoms with Gasteiger partial charge in [0.1, 0.15) is 23.9 Å². The second kappa shape index (κ2) is 7.53. The lowest BCUT2D eigenvalue weighted by Crippen LogP contribution is -2.40. The van der Waals surface area contributed by atoms with Crippen molar-refractivity contribution >= 4 is 41.5 Å². The molecule has 0 saturated heterocycles. The molecule has 2 aromatic carbocycles. The second-order valence-corrected chi connectivity index (χ2v) is 6.76. The van der Waals surface area contributed by atoms with Gasteiger partial charge in [-0.25, -0.2) is 0 Å². The number of nitriles is 1. The topological polar surface area (TPSA) is 78.2 Å². The first kappa shape index (κ1) is 18.1. The number of hydrogen-bond acceptors (Lipinski definition) is 5. The SMILES string of the molecule is CS[N+](SC)(C(=O)O)c1ccccc1C(=O)c1ccccc1C#N. The zero-order chi connectivity index (χ0) is 17.7. The molecule has 1 amide bonds. The van der Waals surface area contributed by atoms with Crippen LogP contribution in [0.5, 0.6) is 0 Å². The van der Waals surface area contributed by atoms with Gasteiger partial charge in [0.2, 0.25) is 0 Å². The van der Waals surface area contributed by atoms with Gasteiger partial charge in [-0.15, -0.1) is 0 Å². The van der Waals surface area contributed by atoms with Crippen molar-refractivity contribution < 1.29 is 14.7 Å². The van der Waals surface area contributed by atoms with E-state index in [1.807, 2.05) is 6.07 Å². The van der Waals surface area contributed by atoms with Crippen LogP contribution in [0.15, 0.2) is 48.5 Å². The predicted octanol–water partition coefficient (Wildman–Crippen LogP) is 4.33. The van der Waals surface area contributed by atoms with E-state index < -0.39 is 9.39 Å². The summed E-state index contributed by atoms with van der Waals surface area (Å²) in [6.45, 7) is 0. The normalized spacial score (nSPS) is 10.9. The fraction of sp³-hybridized carbons (Fsp3) is 0.118. The molecule has 2 rings (SSSR count). The van der Waals surface area contributed by atoms with Crippen molar-refractivity contribution in [1.82, 2.24) is 3.29 Å². The Bertz CT molecular complexity index is 827. The number of carbonyl (C=O) groups is 2. The zero-order valence-electron chi connectivity index (χ0n) is 13.1. The number of ketones is 1. The number of nitrogens with zero attached hydrogens (tertiary/aromatic N) is 2. The van der Waals surface area contributed by atoms with Gasteiger partial charge in [-0.3, -0.25) is 4.79 Å². The van der Waals surface area contributed by atoms with Crippen LogP contribution in [0.2, 0.25) is 0 Å². The molecule has 0 fully saturated rings. The molecule has 0 unspecified atom stereocenters. The van der Waals surface area contributed by atoms with Crippen molar-refractivity contribution in [2.75, 3.05) is 12.5 Å². The fourth-order valence-corrected chi connectivity index (χ4v) is 4.00. The summed E-state index contributed by atoms with van der Waals surface area (Å²) >= 11 is 2.20. The third-order valence-electron chi connectivity index (χ3n) is 3.52. The van der Waals surface area contributed by atoms with Crippen LogP contribution < -0.4 is 3.29 Å². The van der Waals surface area contributed by atoms with Gasteiger partial charge in [0.15, 0.2) is 11.5 Å². The van der Waals surface area contributed by atoms with E-state index in [9.17, 15) is 20.0 Å². The minimum atomic E-state index is -1.08. The van der Waals surface area contributed by atoms with Crippen LogP contribution in [0.3, 0.4) is 0 Å². The summed E-state index contributed by atoms with van der Waals surface area (Å²) < 4.78 is -0.503. The maximum atomic E-state index is 13.0. The number of para-hydroxylation sites is 1. The van der Waals surface area contributed by atoms with Gasteiger partial charge >= 0.3 is 6.09 Å². The fourth-order valence-electron chi connectivity index (χ4n) is 2.38. The molecule has 0 aliphatic rings. The largest absolute Gasteiger partial charge is 0.543 e. The van der Waals surface area contributed by atoms with Gasteiger partial charge < -0.3 is 5.11 Å². The average Bonchev–Trinajstić information content (AvgIpc) is 2.62. The third kappa shape index (κ3) is 3.04. The quantitative estimate of drug-likeness (QED) is 0.486. The van der Waals surface area contributed by atoms with E-state index in [0.29, 0.717) is 5.69 Å². The van der Waals surface area contributed by atoms with Gasteiger partial charge in [0.25, 0.3) is 0 Å². The molecule has 122 valence electrons. The first-order valence-electron chi connectivity index (χ1n) is 6.89. The standard InChI is InChI=1S/C17H14N2O3S2/c1-23-19(24-2,17(21)22)15-10-6-5-9-14(15)16(20)13-8-4-3-7-12(13)11-18/h3-10H,1-2H3/p+1. The van der Waals surface area contributed by atoms with Gasteiger partial charge in [-0.1, -0.05) is 27.6 Å². The summed E-state index contributed by atoms with van der Waals surface area (Å²) in [5, 5.41) is 18.9. The van der Waals surface area contributed by atoms with Gasteiger partial charge in [0, 0.05) is 24.1 Å². The molecule has 0 aliphatic heterocycles. The molecule has 5 nitrogen and oxygen atoms in total. The number of carbonyl (C=O) groups excluding carboxylic acids is 1. The minimum absolute atomic E-state index is 0.262. The molecule has 0 radical (unpaired) electrons. The Kier molecular flexibility index (Phi) is 5.67. The van der Waals surface area contributed by atoms with Crippen LogP contribution in [0.25, 0.3) is 0 Å². The monoisotopic (exact) mass is 359 g/mol. The first-order valence-corrected chi connectivity index (χ1v) is 9.25. The van der Waals surface area contributed by atoms with Gasteiger partial charge in [0.05, 0.1) is 17.2 Å². The second-order valence-electron chi connectivity index (χ2n) is 4.70. The maximum absolute atomic E-state index is 13.0. The van der Waals surface area contributed by atoms with Crippen molar-refractivity contribution in [2.45, 2.75) is 0 Å². The van der Waals surface area contributed by atoms with Gasteiger partial charge in [-0.2, -0.15) is 10.1 Å². The molecule has 0 heterocycles. The molecule has 0 aromatic heterocycles. The van der Waals surface area contributed by atoms with Crippen LogP contribution in [0, 0.1) is 11.3 Å². The molecule has 0 bridgehead atoms. The number of carboxylic acid groups (broad SMARTS) is 1. The summed E-state index contributed by atoms with van der Waals surface area (Å²) in [6.07, 6.45) is 2.27. The van der Waals surface area contributed by atoms with Crippen molar-refractivity contribution in [3.63, 3.8) is 0 Å². The highest BCUT2D eigenvalue weighted by molar-refractivity contribution is 8.15. The molecular weight excluding hydrogens is 344 g/mol. The molecule has 0 spiro atoms. The lowest BCUT2D eigenvalue weighted by molar-refractivity contribution is 0.103. The minimum Gasteiger partial charge on any atom is -0.434 e. The molecule has 24 heavy (non-hydrogen) atoms. The summed E-state index contributed by atoms with van der Waals surface area (Å²) in [5.41, 5.74) is 1.16. The van der Waals surface area contributed by atoms with E-state index in [0.717, 1.165) is 23.9 Å². The summed E-state index contributed by atoms with van der Waals surface area (Å²) in [6, 6.07) is 15.1. The maximum Gasteiger partial charge on any atom is 0.543 e. The van der Waals surface area contributed by atoms with Gasteiger partial charge in [-0.05, 0) is 18.2 Å². The van der Waals surface area contributed by atoms with E-state index in [4.69, 9.17) is 0 Å². The summed E-state index contributed by atoms with van der Waals surface area (Å²) in [7, 11) is 0. The number of quaternary nitrogens is 1. The van der Waals surface area contributed by atoms with E-state index >= 15 is 0 Å². The van der Waals surface area contributed by atoms with E-state index in [-0.39, 0.29) is 22.5 Å². The Morgan fingerprint density at radius 3 is 2.08 bits per heavy atom. The Balaban J connectivity index is 2.68. The molecule has 2 aromatic rings. The first-order chi connectivity index (χ1) is 11.5. The van der Waals surface area contributed by atoms with Crippen molar-refractivity contribution in [2.24, 2.45) is 0 Å². The van der Waals surface area contributed by atoms with E-state index in [1.165, 1.54) is 0 Å². The highest BCUT2D eigenvalue weighted by Crippen LogP contribution is 2.41.